The Bertz CT molecular complexity index is 1640. The van der Waals surface area contributed by atoms with E-state index in [0.717, 1.165) is 20.8 Å². The molecule has 0 unspecified atom stereocenters. The Kier molecular flexibility index (Phi) is 6.88. The number of fused-ring (bicyclic) bond motifs is 2. The number of amides is 1. The number of nitrogens with one attached hydrogen (secondary N) is 1. The second kappa shape index (κ2) is 9.94. The minimum atomic E-state index is -0.380. The number of benzene rings is 4. The first-order chi connectivity index (χ1) is 17.2. The summed E-state index contributed by atoms with van der Waals surface area (Å²) in [4.78, 5) is 17.3. The first kappa shape index (κ1) is 24.9. The zero-order valence-electron chi connectivity index (χ0n) is 19.1. The molecule has 0 saturated carbocycles. The fourth-order valence-electron chi connectivity index (χ4n) is 3.95. The molecule has 0 atom stereocenters. The van der Waals surface area contributed by atoms with Crippen molar-refractivity contribution in [3.8, 4) is 17.2 Å². The van der Waals surface area contributed by atoms with E-state index in [9.17, 15) is 4.79 Å². The Labute approximate surface area is 230 Å². The van der Waals surface area contributed by atoms with Gasteiger partial charge in [0.15, 0.2) is 17.9 Å². The molecule has 1 heterocycles. The van der Waals surface area contributed by atoms with E-state index in [-0.39, 0.29) is 28.3 Å². The zero-order chi connectivity index (χ0) is 25.6. The number of anilines is 1. The monoisotopic (exact) mass is 602 g/mol. The molecule has 0 radical (unpaired) electrons. The largest absolute Gasteiger partial charge is 0.481 e. The number of ether oxygens (including phenoxy) is 1. The molecule has 1 N–H and O–H groups in total. The highest BCUT2D eigenvalue weighted by atomic mass is 79.9. The van der Waals surface area contributed by atoms with Gasteiger partial charge in [-0.1, -0.05) is 75.0 Å². The molecule has 0 aliphatic rings. The lowest BCUT2D eigenvalue weighted by Gasteiger charge is -2.15. The molecule has 5 nitrogen and oxygen atoms in total. The van der Waals surface area contributed by atoms with Crippen LogP contribution in [-0.2, 0) is 4.79 Å². The Morgan fingerprint density at radius 3 is 2.42 bits per heavy atom. The van der Waals surface area contributed by atoms with Crippen LogP contribution in [0.15, 0.2) is 63.5 Å². The lowest BCUT2D eigenvalue weighted by atomic mass is 10.0. The predicted octanol–water partition coefficient (Wildman–Crippen LogP) is 9.01. The van der Waals surface area contributed by atoms with Gasteiger partial charge in [0.2, 0.25) is 5.89 Å². The van der Waals surface area contributed by atoms with Gasteiger partial charge in [0.25, 0.3) is 5.91 Å². The third-order valence-electron chi connectivity index (χ3n) is 5.83. The number of carbonyl (C=O) groups is 1. The second-order valence-corrected chi connectivity index (χ2v) is 10.2. The summed E-state index contributed by atoms with van der Waals surface area (Å²) in [6.07, 6.45) is 0. The van der Waals surface area contributed by atoms with Crippen molar-refractivity contribution in [3.05, 3.63) is 85.3 Å². The van der Waals surface area contributed by atoms with Gasteiger partial charge in [-0.3, -0.25) is 4.79 Å². The van der Waals surface area contributed by atoms with Crippen molar-refractivity contribution in [3.63, 3.8) is 0 Å². The van der Waals surface area contributed by atoms with Gasteiger partial charge in [-0.2, -0.15) is 0 Å². The number of nitrogens with zero attached hydrogens (tertiary/aromatic N) is 1. The number of hydrogen-bond donors (Lipinski definition) is 1. The lowest BCUT2D eigenvalue weighted by molar-refractivity contribution is -0.118. The summed E-state index contributed by atoms with van der Waals surface area (Å²) in [7, 11) is 0. The summed E-state index contributed by atoms with van der Waals surface area (Å²) in [6, 6.07) is 17.2. The Hall–Kier alpha value is -2.77. The number of oxazole rings is 1. The van der Waals surface area contributed by atoms with Crippen molar-refractivity contribution in [2.24, 2.45) is 0 Å². The van der Waals surface area contributed by atoms with Crippen LogP contribution in [0, 0.1) is 13.8 Å². The van der Waals surface area contributed by atoms with E-state index in [2.05, 4.69) is 26.2 Å². The molecule has 5 rings (SSSR count). The van der Waals surface area contributed by atoms with Gasteiger partial charge in [-0.05, 0) is 66.1 Å². The smallest absolute Gasteiger partial charge is 0.262 e. The second-order valence-electron chi connectivity index (χ2n) is 8.20. The van der Waals surface area contributed by atoms with Gasteiger partial charge in [-0.25, -0.2) is 4.98 Å². The number of aromatic nitrogens is 1. The van der Waals surface area contributed by atoms with Crippen LogP contribution in [0.3, 0.4) is 0 Å². The maximum atomic E-state index is 12.6. The summed E-state index contributed by atoms with van der Waals surface area (Å²) in [5.74, 6) is 0.346. The molecular formula is C27H18BrCl3N2O3. The Balaban J connectivity index is 1.36. The van der Waals surface area contributed by atoms with Gasteiger partial charge >= 0.3 is 0 Å². The van der Waals surface area contributed by atoms with Crippen molar-refractivity contribution < 1.29 is 13.9 Å². The SMILES string of the molecule is Cc1c(Cl)c(C)c(Cl)c(OCC(=O)Nc2ccc3oc(-c4cccc5c(Br)cccc45)nc3c2)c1Cl. The molecule has 1 aromatic heterocycles. The fraction of sp³-hybridized carbons (Fsp3) is 0.111. The molecule has 0 bridgehead atoms. The number of hydrogen-bond acceptors (Lipinski definition) is 4. The normalized spacial score (nSPS) is 11.3. The predicted molar refractivity (Wildman–Crippen MR) is 150 cm³/mol. The molecule has 0 fully saturated rings. The third kappa shape index (κ3) is 4.55. The molecule has 1 amide bonds. The Morgan fingerprint density at radius 2 is 1.67 bits per heavy atom. The van der Waals surface area contributed by atoms with Crippen LogP contribution in [0.2, 0.25) is 15.1 Å². The molecule has 9 heteroatoms. The van der Waals surface area contributed by atoms with Crippen LogP contribution in [0.5, 0.6) is 5.75 Å². The van der Waals surface area contributed by atoms with E-state index in [4.69, 9.17) is 44.0 Å². The van der Waals surface area contributed by atoms with E-state index in [1.165, 1.54) is 0 Å². The highest BCUT2D eigenvalue weighted by molar-refractivity contribution is 9.10. The van der Waals surface area contributed by atoms with Gasteiger partial charge in [0.1, 0.15) is 5.52 Å². The van der Waals surface area contributed by atoms with Crippen molar-refractivity contribution in [2.45, 2.75) is 13.8 Å². The first-order valence-corrected chi connectivity index (χ1v) is 12.8. The molecule has 0 aliphatic carbocycles. The molecule has 5 aromatic rings. The van der Waals surface area contributed by atoms with Crippen LogP contribution >= 0.6 is 50.7 Å². The summed E-state index contributed by atoms with van der Waals surface area (Å²) in [6.45, 7) is 3.24. The Morgan fingerprint density at radius 1 is 0.972 bits per heavy atom. The van der Waals surface area contributed by atoms with Crippen LogP contribution in [0.25, 0.3) is 33.3 Å². The molecule has 0 aliphatic heterocycles. The molecule has 0 saturated heterocycles. The number of carbonyl (C=O) groups excluding carboxylic acids is 1. The average molecular weight is 605 g/mol. The molecule has 0 spiro atoms. The quantitative estimate of drug-likeness (QED) is 0.217. The topological polar surface area (TPSA) is 64.4 Å². The van der Waals surface area contributed by atoms with Crippen LogP contribution in [-0.4, -0.2) is 17.5 Å². The van der Waals surface area contributed by atoms with Crippen molar-refractivity contribution >= 4 is 84.2 Å². The molecular weight excluding hydrogens is 587 g/mol. The summed E-state index contributed by atoms with van der Waals surface area (Å²) >= 11 is 22.5. The van der Waals surface area contributed by atoms with Crippen LogP contribution in [0.4, 0.5) is 5.69 Å². The summed E-state index contributed by atoms with van der Waals surface area (Å²) < 4.78 is 12.7. The number of halogens is 4. The zero-order valence-corrected chi connectivity index (χ0v) is 22.9. The highest BCUT2D eigenvalue weighted by Crippen LogP contribution is 2.42. The van der Waals surface area contributed by atoms with E-state index in [1.807, 2.05) is 36.4 Å². The molecule has 36 heavy (non-hydrogen) atoms. The van der Waals surface area contributed by atoms with E-state index in [0.29, 0.717) is 38.8 Å². The highest BCUT2D eigenvalue weighted by Gasteiger charge is 2.19. The minimum absolute atomic E-state index is 0.228. The third-order valence-corrected chi connectivity index (χ3v) is 8.00. The molecule has 4 aromatic carbocycles. The van der Waals surface area contributed by atoms with Gasteiger partial charge in [0.05, 0.1) is 10.0 Å². The van der Waals surface area contributed by atoms with E-state index in [1.54, 1.807) is 32.0 Å². The van der Waals surface area contributed by atoms with E-state index >= 15 is 0 Å². The fourth-order valence-corrected chi connectivity index (χ4v) is 5.27. The summed E-state index contributed by atoms with van der Waals surface area (Å²) in [5.41, 5.74) is 3.94. The van der Waals surface area contributed by atoms with Gasteiger partial charge < -0.3 is 14.5 Å². The average Bonchev–Trinajstić information content (AvgIpc) is 3.29. The van der Waals surface area contributed by atoms with Gasteiger partial charge in [-0.15, -0.1) is 0 Å². The van der Waals surface area contributed by atoms with E-state index < -0.39 is 0 Å². The maximum Gasteiger partial charge on any atom is 0.262 e. The maximum absolute atomic E-state index is 12.6. The van der Waals surface area contributed by atoms with Crippen molar-refractivity contribution in [1.82, 2.24) is 4.98 Å². The van der Waals surface area contributed by atoms with Crippen LogP contribution in [0.1, 0.15) is 11.1 Å². The minimum Gasteiger partial charge on any atom is -0.481 e. The number of rotatable bonds is 5. The van der Waals surface area contributed by atoms with Crippen LogP contribution < -0.4 is 10.1 Å². The van der Waals surface area contributed by atoms with Crippen molar-refractivity contribution in [2.75, 3.05) is 11.9 Å². The van der Waals surface area contributed by atoms with Gasteiger partial charge in [0, 0.05) is 20.7 Å². The first-order valence-electron chi connectivity index (χ1n) is 10.9. The standard InChI is InChI=1S/C27H18BrCl3N2O3/c1-13-23(29)14(2)25(31)26(24(13)30)35-12-22(34)32-15-9-10-21-20(11-15)33-27(36-21)18-7-3-6-17-16(18)5-4-8-19(17)28/h3-11H,12H2,1-2H3,(H,32,34). The molecule has 182 valence electrons. The van der Waals surface area contributed by atoms with Crippen molar-refractivity contribution in [1.29, 1.82) is 0 Å². The lowest BCUT2D eigenvalue weighted by Crippen LogP contribution is -2.20. The summed E-state index contributed by atoms with van der Waals surface area (Å²) in [5, 5.41) is 5.92.